The first-order chi connectivity index (χ1) is 15.8. The van der Waals surface area contributed by atoms with Crippen molar-refractivity contribution in [1.82, 2.24) is 0 Å². The largest absolute Gasteiger partial charge is 0.393 e. The van der Waals surface area contributed by atoms with E-state index in [1.165, 1.54) is 24.3 Å². The summed E-state index contributed by atoms with van der Waals surface area (Å²) in [5, 5.41) is 26.1. The Balaban J connectivity index is 1.77. The maximum absolute atomic E-state index is 13.8. The number of benzene rings is 3. The van der Waals surface area contributed by atoms with Gasteiger partial charge in [-0.25, -0.2) is 4.39 Å². The van der Waals surface area contributed by atoms with Gasteiger partial charge in [0.1, 0.15) is 17.2 Å². The van der Waals surface area contributed by atoms with E-state index in [4.69, 9.17) is 0 Å². The summed E-state index contributed by atoms with van der Waals surface area (Å²) in [5.74, 6) is -1.61. The number of aliphatic hydroxyl groups is 2. The van der Waals surface area contributed by atoms with Gasteiger partial charge in [-0.1, -0.05) is 42.5 Å². The number of Topliss-reactive ketones (excluding diaryl/α,β-unsaturated/α-hetero) is 2. The number of ketones is 2. The van der Waals surface area contributed by atoms with Gasteiger partial charge in [0.25, 0.3) is 0 Å². The molecule has 0 amide bonds. The third-order valence-electron chi connectivity index (χ3n) is 5.34. The number of carbonyl (C=O) groups is 2. The van der Waals surface area contributed by atoms with Crippen LogP contribution in [0.15, 0.2) is 84.2 Å². The summed E-state index contributed by atoms with van der Waals surface area (Å²) in [6.07, 6.45) is -1.59. The first-order valence-corrected chi connectivity index (χ1v) is 10.5. The highest BCUT2D eigenvalue weighted by atomic mass is 19.1. The molecule has 0 aliphatic carbocycles. The second kappa shape index (κ2) is 9.36. The van der Waals surface area contributed by atoms with Crippen molar-refractivity contribution in [2.45, 2.75) is 25.6 Å². The van der Waals surface area contributed by atoms with Crippen molar-refractivity contribution in [3.05, 3.63) is 107 Å². The number of para-hydroxylation sites is 2. The van der Waals surface area contributed by atoms with E-state index < -0.39 is 29.6 Å². The minimum Gasteiger partial charge on any atom is -0.393 e. The Morgan fingerprint density at radius 1 is 0.848 bits per heavy atom. The van der Waals surface area contributed by atoms with E-state index in [2.05, 4.69) is 10.6 Å². The molecule has 0 saturated heterocycles. The Morgan fingerprint density at radius 3 is 2.00 bits per heavy atom. The number of fused-ring (bicyclic) bond motifs is 1. The zero-order valence-corrected chi connectivity index (χ0v) is 17.9. The first-order valence-electron chi connectivity index (χ1n) is 10.5. The second-order valence-electron chi connectivity index (χ2n) is 7.94. The van der Waals surface area contributed by atoms with E-state index in [9.17, 15) is 24.2 Å². The molecule has 1 aliphatic heterocycles. The molecule has 3 aromatic carbocycles. The smallest absolute Gasteiger partial charge is 0.200 e. The van der Waals surface area contributed by atoms with E-state index in [0.717, 1.165) is 6.07 Å². The lowest BCUT2D eigenvalue weighted by Crippen LogP contribution is -2.21. The van der Waals surface area contributed by atoms with Gasteiger partial charge in [0.05, 0.1) is 23.6 Å². The number of aliphatic hydroxyl groups excluding tert-OH is 2. The van der Waals surface area contributed by atoms with Crippen LogP contribution >= 0.6 is 0 Å². The van der Waals surface area contributed by atoms with Crippen molar-refractivity contribution in [3.63, 3.8) is 0 Å². The molecule has 2 unspecified atom stereocenters. The molecule has 2 atom stereocenters. The molecular formula is C26H23FN2O4. The minimum absolute atomic E-state index is 0.0377. The van der Waals surface area contributed by atoms with E-state index in [-0.39, 0.29) is 28.9 Å². The summed E-state index contributed by atoms with van der Waals surface area (Å²) in [6.45, 7) is 1.56. The SMILES string of the molecule is CC(O)CC(O)c1cccc(C(=O)C(C(=O)c2cccc(F)c2)=C2Nc3ccccc3N2)c1. The third-order valence-corrected chi connectivity index (χ3v) is 5.34. The van der Waals surface area contributed by atoms with Crippen LogP contribution in [0.5, 0.6) is 0 Å². The first kappa shape index (κ1) is 22.4. The van der Waals surface area contributed by atoms with Crippen LogP contribution in [-0.4, -0.2) is 27.9 Å². The monoisotopic (exact) mass is 446 g/mol. The lowest BCUT2D eigenvalue weighted by Gasteiger charge is -2.15. The highest BCUT2D eigenvalue weighted by molar-refractivity contribution is 6.32. The number of carbonyl (C=O) groups excluding carboxylic acids is 2. The zero-order chi connectivity index (χ0) is 23.5. The topological polar surface area (TPSA) is 98.7 Å². The number of allylic oxidation sites excluding steroid dienone is 1. The predicted octanol–water partition coefficient (Wildman–Crippen LogP) is 4.44. The normalized spacial score (nSPS) is 14.0. The lowest BCUT2D eigenvalue weighted by molar-refractivity contribution is 0.0907. The molecule has 6 nitrogen and oxygen atoms in total. The van der Waals surface area contributed by atoms with Gasteiger partial charge in [-0.3, -0.25) is 9.59 Å². The maximum atomic E-state index is 13.8. The molecule has 1 aliphatic rings. The Kier molecular flexibility index (Phi) is 6.35. The molecule has 168 valence electrons. The quantitative estimate of drug-likeness (QED) is 0.185. The summed E-state index contributed by atoms with van der Waals surface area (Å²) in [5.41, 5.74) is 1.88. The van der Waals surface area contributed by atoms with Crippen LogP contribution in [0.1, 0.15) is 45.7 Å². The number of rotatable bonds is 7. The van der Waals surface area contributed by atoms with Gasteiger partial charge >= 0.3 is 0 Å². The molecule has 3 aromatic rings. The summed E-state index contributed by atoms with van der Waals surface area (Å²) in [6, 6.07) is 18.7. The van der Waals surface area contributed by atoms with Gasteiger partial charge in [-0.2, -0.15) is 0 Å². The summed E-state index contributed by atoms with van der Waals surface area (Å²) in [7, 11) is 0. The van der Waals surface area contributed by atoms with Crippen LogP contribution in [0.4, 0.5) is 15.8 Å². The van der Waals surface area contributed by atoms with Gasteiger partial charge in [-0.15, -0.1) is 0 Å². The highest BCUT2D eigenvalue weighted by Gasteiger charge is 2.29. The molecule has 1 heterocycles. The third kappa shape index (κ3) is 4.84. The molecule has 33 heavy (non-hydrogen) atoms. The second-order valence-corrected chi connectivity index (χ2v) is 7.94. The molecule has 0 fully saturated rings. The minimum atomic E-state index is -0.972. The maximum Gasteiger partial charge on any atom is 0.200 e. The van der Waals surface area contributed by atoms with E-state index in [0.29, 0.717) is 16.9 Å². The van der Waals surface area contributed by atoms with E-state index in [1.54, 1.807) is 37.3 Å². The van der Waals surface area contributed by atoms with Gasteiger partial charge in [0.15, 0.2) is 0 Å². The van der Waals surface area contributed by atoms with Crippen LogP contribution in [0.3, 0.4) is 0 Å². The predicted molar refractivity (Wildman–Crippen MR) is 123 cm³/mol. The number of nitrogens with one attached hydrogen (secondary N) is 2. The Bertz CT molecular complexity index is 1230. The molecule has 0 bridgehead atoms. The molecule has 0 radical (unpaired) electrons. The van der Waals surface area contributed by atoms with Crippen molar-refractivity contribution < 1.29 is 24.2 Å². The standard InChI is InChI=1S/C26H23FN2O4/c1-15(30)12-22(31)16-6-4-7-17(13-16)24(32)23(25(33)18-8-5-9-19(27)14-18)26-28-20-10-2-3-11-21(20)29-26/h2-11,13-15,22,28-31H,12H2,1H3. The molecule has 4 rings (SSSR count). The van der Waals surface area contributed by atoms with Crippen molar-refractivity contribution in [3.8, 4) is 0 Å². The average molecular weight is 446 g/mol. The summed E-state index contributed by atoms with van der Waals surface area (Å²) < 4.78 is 13.8. The number of anilines is 2. The number of hydrogen-bond acceptors (Lipinski definition) is 6. The number of hydrogen-bond donors (Lipinski definition) is 4. The van der Waals surface area contributed by atoms with Crippen LogP contribution in [0, 0.1) is 5.82 Å². The molecule has 7 heteroatoms. The molecule has 0 aromatic heterocycles. The fourth-order valence-electron chi connectivity index (χ4n) is 3.72. The zero-order valence-electron chi connectivity index (χ0n) is 17.9. The van der Waals surface area contributed by atoms with E-state index in [1.807, 2.05) is 12.1 Å². The van der Waals surface area contributed by atoms with Crippen molar-refractivity contribution in [2.75, 3.05) is 10.6 Å². The Labute approximate surface area is 190 Å². The van der Waals surface area contributed by atoms with Crippen LogP contribution < -0.4 is 10.6 Å². The van der Waals surface area contributed by atoms with Crippen molar-refractivity contribution in [1.29, 1.82) is 0 Å². The van der Waals surface area contributed by atoms with Gasteiger partial charge in [0, 0.05) is 17.5 Å². The number of halogens is 1. The van der Waals surface area contributed by atoms with Gasteiger partial charge < -0.3 is 20.8 Å². The van der Waals surface area contributed by atoms with Gasteiger partial charge in [-0.05, 0) is 42.8 Å². The summed E-state index contributed by atoms with van der Waals surface area (Å²) >= 11 is 0. The highest BCUT2D eigenvalue weighted by Crippen LogP contribution is 2.33. The van der Waals surface area contributed by atoms with E-state index >= 15 is 0 Å². The average Bonchev–Trinajstić information content (AvgIpc) is 3.22. The van der Waals surface area contributed by atoms with Crippen molar-refractivity contribution >= 4 is 22.9 Å². The molecule has 0 spiro atoms. The van der Waals surface area contributed by atoms with Crippen LogP contribution in [0.25, 0.3) is 0 Å². The fourth-order valence-corrected chi connectivity index (χ4v) is 3.72. The molecule has 4 N–H and O–H groups in total. The lowest BCUT2D eigenvalue weighted by atomic mass is 9.93. The molecular weight excluding hydrogens is 423 g/mol. The van der Waals surface area contributed by atoms with Crippen LogP contribution in [-0.2, 0) is 0 Å². The van der Waals surface area contributed by atoms with Crippen molar-refractivity contribution in [2.24, 2.45) is 0 Å². The Morgan fingerprint density at radius 2 is 1.42 bits per heavy atom. The van der Waals surface area contributed by atoms with Gasteiger partial charge in [0.2, 0.25) is 11.6 Å². The summed E-state index contributed by atoms with van der Waals surface area (Å²) in [4.78, 5) is 27.0. The van der Waals surface area contributed by atoms with Crippen LogP contribution in [0.2, 0.25) is 0 Å². The Hall–Kier alpha value is -3.81. The molecule has 0 saturated carbocycles. The fraction of sp³-hybridized carbons (Fsp3) is 0.154.